The number of aryl methyl sites for hydroxylation is 1. The summed E-state index contributed by atoms with van der Waals surface area (Å²) >= 11 is 0. The third-order valence-electron chi connectivity index (χ3n) is 23.5. The number of fused-ring (bicyclic) bond motifs is 2. The molecule has 2 aliphatic rings. The molecule has 3 aromatic heterocycles. The van der Waals surface area contributed by atoms with Crippen LogP contribution >= 0.6 is 0 Å². The number of primary amides is 1. The predicted molar refractivity (Wildman–Crippen MR) is 477 cm³/mol. The van der Waals surface area contributed by atoms with Gasteiger partial charge in [0.1, 0.15) is 83.8 Å². The van der Waals surface area contributed by atoms with E-state index < -0.39 is 186 Å². The number of H-pyrrole nitrogens is 2. The third kappa shape index (κ3) is 28.2. The van der Waals surface area contributed by atoms with Crippen LogP contribution in [0, 0.1) is 17.7 Å². The van der Waals surface area contributed by atoms with Crippen LogP contribution in [-0.2, 0) is 99.2 Å². The summed E-state index contributed by atoms with van der Waals surface area (Å²) in [6.07, 6.45) is 3.08. The quantitative estimate of drug-likeness (QED) is 0.0227. The maximum absolute atomic E-state index is 16.0. The number of phenolic OH excluding ortho intramolecular Hbond substituents is 2. The summed E-state index contributed by atoms with van der Waals surface area (Å²) < 4.78 is 28.2. The number of rotatable bonds is 30. The molecule has 0 bridgehead atoms. The number of likely N-dealkylation sites (N-methyl/N-ethyl adjacent to an activating group) is 4. The number of aromatic nitrogens is 3. The largest absolute Gasteiger partial charge is 0.508 e. The number of pyridine rings is 1. The van der Waals surface area contributed by atoms with E-state index in [-0.39, 0.29) is 126 Å². The number of nitrogens with zero attached hydrogens (tertiary/aromatic N) is 5. The highest BCUT2D eigenvalue weighted by Crippen LogP contribution is 2.35. The fourth-order valence-electron chi connectivity index (χ4n) is 15.9. The van der Waals surface area contributed by atoms with E-state index in [9.17, 15) is 57.7 Å². The second kappa shape index (κ2) is 47.2. The molecule has 4 heterocycles. The van der Waals surface area contributed by atoms with Crippen molar-refractivity contribution < 1.29 is 96.0 Å². The number of aromatic amines is 2. The van der Waals surface area contributed by atoms with Gasteiger partial charge in [-0.2, -0.15) is 4.39 Å². The number of hydrogen-bond donors (Lipinski definition) is 16. The molecule has 15 amide bonds. The molecule has 2 fully saturated rings. The number of halogens is 2. The maximum Gasteiger partial charge on any atom is 0.252 e. The van der Waals surface area contributed by atoms with Crippen molar-refractivity contribution in [3.05, 3.63) is 197 Å². The standard InChI is InChI=1S/C93H114F2N18O18/c1-53(115)97-41-15-13-23-75-88(126)107-72(46-61-50-100-68-38-37-64(118)47-66(61)68)86(124)106-73(45-60-49-99-67-20-11-10-19-65(60)67)87(125)109-81(58-30-31-58)93(131)113(6)78(92(130)112(5)77(44-57-25-33-62(94)34-26-57)89(127)104-69(82(96)120)21-12-14-42-98-83(121)59-32-40-79(95)101-48-59)51-102-80(119)24-16-22-70(103-54(2)116)84(122)105-71(43-56-27-35-63(117)36-28-56)85(123)108-74(52-114)90(128)111(4)76(91(129)110(75)3)39-29-55-17-8-7-9-18-55/h7-11,17-20,25-28,32-38,40,47-50,58,69-78,81,99-100,114,117-118H,12-16,21-24,29-31,39,41-46,51-52H2,1-6H3,(H2,96,120)(H,97,115)(H,98,121)(H,102,119)(H,103,116)(H,104,127)(H,105,122)(H,106,124)(H,107,126)(H,108,123)(H,109,125)/t69-,70-,71-,72-,73-,74-,75-,76-,77-,78-,81-/m0/s1. The van der Waals surface area contributed by atoms with Gasteiger partial charge in [0.15, 0.2) is 0 Å². The topological polar surface area (TPSA) is 520 Å². The van der Waals surface area contributed by atoms with Gasteiger partial charge >= 0.3 is 0 Å². The monoisotopic (exact) mass is 1810 g/mol. The highest BCUT2D eigenvalue weighted by atomic mass is 19.1. The number of nitrogens with one attached hydrogen (secondary N) is 12. The Bertz CT molecular complexity index is 5390. The molecule has 1 saturated heterocycles. The summed E-state index contributed by atoms with van der Waals surface area (Å²) in [5.74, 6) is -15.6. The first-order valence-corrected chi connectivity index (χ1v) is 43.5. The molecule has 38 heteroatoms. The smallest absolute Gasteiger partial charge is 0.252 e. The van der Waals surface area contributed by atoms with Crippen LogP contribution in [0.3, 0.4) is 0 Å². The van der Waals surface area contributed by atoms with Crippen LogP contribution in [0.4, 0.5) is 8.78 Å². The normalized spacial score (nSPS) is 20.5. The number of carbonyl (C=O) groups excluding carboxylic acids is 15. The summed E-state index contributed by atoms with van der Waals surface area (Å²) in [5, 5.41) is 60.5. The number of hydrogen-bond acceptors (Lipinski definition) is 19. The molecule has 1 saturated carbocycles. The lowest BCUT2D eigenvalue weighted by molar-refractivity contribution is -0.150. The van der Waals surface area contributed by atoms with E-state index in [4.69, 9.17) is 5.73 Å². The second-order valence-electron chi connectivity index (χ2n) is 33.2. The number of aliphatic hydroxyl groups is 1. The van der Waals surface area contributed by atoms with Gasteiger partial charge in [-0.3, -0.25) is 71.9 Å². The first kappa shape index (κ1) is 99.0. The van der Waals surface area contributed by atoms with Crippen LogP contribution in [0.25, 0.3) is 21.8 Å². The fraction of sp³-hybridized carbons (Fsp3) is 0.419. The number of carbonyl (C=O) groups is 15. The number of phenols is 2. The zero-order chi connectivity index (χ0) is 94.7. The van der Waals surface area contributed by atoms with E-state index in [1.54, 1.807) is 73.1 Å². The zero-order valence-corrected chi connectivity index (χ0v) is 73.7. The number of aromatic hydroxyl groups is 2. The minimum atomic E-state index is -1.86. The summed E-state index contributed by atoms with van der Waals surface area (Å²) in [7, 11) is 5.01. The van der Waals surface area contributed by atoms with Gasteiger partial charge < -0.3 is 104 Å². The molecule has 1 aliphatic carbocycles. The van der Waals surface area contributed by atoms with Crippen LogP contribution in [0.5, 0.6) is 11.5 Å². The van der Waals surface area contributed by atoms with Crippen molar-refractivity contribution in [3.63, 3.8) is 0 Å². The zero-order valence-electron chi connectivity index (χ0n) is 73.7. The average molecular weight is 1810 g/mol. The lowest BCUT2D eigenvalue weighted by Crippen LogP contribution is -2.63. The van der Waals surface area contributed by atoms with Crippen molar-refractivity contribution in [3.8, 4) is 11.5 Å². The van der Waals surface area contributed by atoms with Gasteiger partial charge in [-0.1, -0.05) is 72.8 Å². The van der Waals surface area contributed by atoms with Crippen LogP contribution in [0.2, 0.25) is 0 Å². The van der Waals surface area contributed by atoms with E-state index in [0.717, 1.165) is 50.9 Å². The number of aliphatic hydroxyl groups excluding tert-OH is 1. The van der Waals surface area contributed by atoms with Crippen molar-refractivity contribution in [2.75, 3.05) is 54.4 Å². The van der Waals surface area contributed by atoms with Crippen LogP contribution in [0.15, 0.2) is 152 Å². The molecule has 17 N–H and O–H groups in total. The third-order valence-corrected chi connectivity index (χ3v) is 23.5. The minimum Gasteiger partial charge on any atom is -0.508 e. The molecule has 0 unspecified atom stereocenters. The summed E-state index contributed by atoms with van der Waals surface area (Å²) in [6, 6.07) is 15.3. The van der Waals surface area contributed by atoms with Gasteiger partial charge in [-0.05, 0) is 171 Å². The predicted octanol–water partition coefficient (Wildman–Crippen LogP) is 2.45. The van der Waals surface area contributed by atoms with Crippen molar-refractivity contribution in [2.45, 2.75) is 189 Å². The molecule has 131 heavy (non-hydrogen) atoms. The molecule has 0 spiro atoms. The van der Waals surface area contributed by atoms with E-state index in [1.165, 1.54) is 89.7 Å². The van der Waals surface area contributed by atoms with Gasteiger partial charge in [0, 0.05) is 134 Å². The number of amides is 15. The van der Waals surface area contributed by atoms with Crippen LogP contribution < -0.4 is 58.9 Å². The highest BCUT2D eigenvalue weighted by molar-refractivity contribution is 6.01. The van der Waals surface area contributed by atoms with Crippen molar-refractivity contribution in [1.82, 2.24) is 87.7 Å². The Morgan fingerprint density at radius 3 is 1.82 bits per heavy atom. The Morgan fingerprint density at radius 1 is 0.580 bits per heavy atom. The first-order valence-electron chi connectivity index (χ1n) is 43.5. The Kier molecular flexibility index (Phi) is 35.7. The van der Waals surface area contributed by atoms with Gasteiger partial charge in [0.25, 0.3) is 5.91 Å². The first-order chi connectivity index (χ1) is 62.6. The van der Waals surface area contributed by atoms with Gasteiger partial charge in [0.05, 0.1) is 12.2 Å². The second-order valence-corrected chi connectivity index (χ2v) is 33.2. The van der Waals surface area contributed by atoms with E-state index in [1.807, 2.05) is 0 Å². The Hall–Kier alpha value is -14.2. The van der Waals surface area contributed by atoms with E-state index in [0.29, 0.717) is 62.5 Å². The Balaban J connectivity index is 1.05. The molecular formula is C93H114F2N18O18. The molecule has 10 rings (SSSR count). The molecule has 1 aliphatic heterocycles. The number of nitrogens with two attached hydrogens (primary N) is 1. The van der Waals surface area contributed by atoms with Crippen molar-refractivity contribution in [2.24, 2.45) is 11.7 Å². The molecule has 8 aromatic rings. The van der Waals surface area contributed by atoms with Crippen molar-refractivity contribution in [1.29, 1.82) is 0 Å². The molecule has 698 valence electrons. The van der Waals surface area contributed by atoms with Crippen LogP contribution in [-0.4, -0.2) is 259 Å². The number of benzene rings is 5. The Morgan fingerprint density at radius 2 is 1.18 bits per heavy atom. The molecule has 5 aromatic carbocycles. The van der Waals surface area contributed by atoms with E-state index >= 15 is 38.4 Å². The lowest BCUT2D eigenvalue weighted by Gasteiger charge is -2.36. The Labute approximate surface area is 754 Å². The maximum atomic E-state index is 16.0. The van der Waals surface area contributed by atoms with Gasteiger partial charge in [-0.25, -0.2) is 9.37 Å². The lowest BCUT2D eigenvalue weighted by atomic mass is 9.99. The highest BCUT2D eigenvalue weighted by Gasteiger charge is 2.46. The van der Waals surface area contributed by atoms with Gasteiger partial charge in [0.2, 0.25) is 88.6 Å². The summed E-state index contributed by atoms with van der Waals surface area (Å²) in [5.41, 5.74) is 9.35. The SMILES string of the molecule is CC(=O)NCCCC[C@H]1C(=O)N[C@@H](Cc2c[nH]c3ccc(O)cc23)C(=O)N[C@@H](Cc2c[nH]c3ccccc23)C(=O)N[C@@H](C2CC2)C(=O)N(C)[C@H](C(=O)N(C)[C@@H](Cc2ccc(F)cc2)C(=O)N[C@@H](CCCCNC(=O)c2ccc(F)nc2)C(N)=O)CNC(=O)CCC[C@H](NC(C)=O)C(=O)N[C@@H](Cc2ccc(O)cc2)C(=O)N[C@@H](CO)C(=O)N(C)[C@@H](CCc2ccccc2)C(=O)N1C. The van der Waals surface area contributed by atoms with Gasteiger partial charge in [-0.15, -0.1) is 0 Å². The fourth-order valence-corrected chi connectivity index (χ4v) is 15.9. The molecule has 0 radical (unpaired) electrons. The summed E-state index contributed by atoms with van der Waals surface area (Å²) in [6.45, 7) is 0.790. The number of unbranched alkanes of at least 4 members (excludes halogenated alkanes) is 2. The molecule has 11 atom stereocenters. The molecular weight excluding hydrogens is 1700 g/mol. The summed E-state index contributed by atoms with van der Waals surface area (Å²) in [4.78, 5) is 235. The van der Waals surface area contributed by atoms with Crippen LogP contribution in [0.1, 0.15) is 129 Å². The van der Waals surface area contributed by atoms with E-state index in [2.05, 4.69) is 68.1 Å². The molecule has 36 nitrogen and oxygen atoms in total. The van der Waals surface area contributed by atoms with Crippen molar-refractivity contribution >= 4 is 110 Å². The average Bonchev–Trinajstić information content (AvgIpc) is 1.76. The number of para-hydroxylation sites is 1. The minimum absolute atomic E-state index is 0.0607.